The third kappa shape index (κ3) is 5.54. The molecule has 0 saturated heterocycles. The molecule has 0 aliphatic carbocycles. The zero-order chi connectivity index (χ0) is 35.1. The van der Waals surface area contributed by atoms with E-state index in [1.165, 1.54) is 21.9 Å². The average Bonchev–Trinajstić information content (AvgIpc) is 3.58. The average molecular weight is 677 g/mol. The molecule has 248 valence electrons. The molecular formula is C49H32N4. The number of benzene rings is 8. The van der Waals surface area contributed by atoms with Crippen LogP contribution in [0.4, 0.5) is 0 Å². The lowest BCUT2D eigenvalue weighted by Gasteiger charge is -2.16. The van der Waals surface area contributed by atoms with Crippen LogP contribution in [-0.4, -0.2) is 19.5 Å². The van der Waals surface area contributed by atoms with Crippen molar-refractivity contribution in [3.05, 3.63) is 194 Å². The second-order valence-corrected chi connectivity index (χ2v) is 13.3. The summed E-state index contributed by atoms with van der Waals surface area (Å²) in [6.07, 6.45) is 0. The van der Waals surface area contributed by atoms with Crippen molar-refractivity contribution in [2.75, 3.05) is 0 Å². The summed E-state index contributed by atoms with van der Waals surface area (Å²) in [4.78, 5) is 15.6. The van der Waals surface area contributed by atoms with Crippen molar-refractivity contribution < 1.29 is 0 Å². The van der Waals surface area contributed by atoms with Gasteiger partial charge in [-0.05, 0) is 69.4 Å². The molecule has 0 fully saturated rings. The molecule has 0 atom stereocenters. The highest BCUT2D eigenvalue weighted by Gasteiger charge is 2.20. The summed E-state index contributed by atoms with van der Waals surface area (Å²) >= 11 is 0. The van der Waals surface area contributed by atoms with E-state index >= 15 is 0 Å². The summed E-state index contributed by atoms with van der Waals surface area (Å²) in [6.45, 7) is 0. The van der Waals surface area contributed by atoms with Crippen molar-refractivity contribution >= 4 is 32.6 Å². The van der Waals surface area contributed by atoms with Gasteiger partial charge in [-0.25, -0.2) is 15.0 Å². The topological polar surface area (TPSA) is 43.6 Å². The lowest BCUT2D eigenvalue weighted by Crippen LogP contribution is -2.04. The van der Waals surface area contributed by atoms with Gasteiger partial charge in [-0.3, -0.25) is 0 Å². The van der Waals surface area contributed by atoms with Crippen LogP contribution < -0.4 is 0 Å². The quantitative estimate of drug-likeness (QED) is 0.176. The maximum Gasteiger partial charge on any atom is 0.166 e. The van der Waals surface area contributed by atoms with Gasteiger partial charge in [0.05, 0.1) is 16.7 Å². The molecule has 0 bridgehead atoms. The van der Waals surface area contributed by atoms with Gasteiger partial charge in [0.2, 0.25) is 0 Å². The first-order chi connectivity index (χ1) is 26.3. The first-order valence-electron chi connectivity index (χ1n) is 17.9. The van der Waals surface area contributed by atoms with E-state index in [4.69, 9.17) is 15.0 Å². The van der Waals surface area contributed by atoms with Gasteiger partial charge in [0, 0.05) is 27.5 Å². The summed E-state index contributed by atoms with van der Waals surface area (Å²) in [5.41, 5.74) is 10.7. The Morgan fingerprint density at radius 1 is 0.302 bits per heavy atom. The van der Waals surface area contributed by atoms with E-state index in [1.807, 2.05) is 24.3 Å². The fraction of sp³-hybridized carbons (Fsp3) is 0. The molecule has 10 rings (SSSR count). The first-order valence-corrected chi connectivity index (χ1v) is 17.9. The fourth-order valence-corrected chi connectivity index (χ4v) is 7.44. The van der Waals surface area contributed by atoms with Gasteiger partial charge in [-0.1, -0.05) is 158 Å². The number of nitrogens with zero attached hydrogens (tertiary/aromatic N) is 4. The maximum absolute atomic E-state index is 5.28. The van der Waals surface area contributed by atoms with E-state index in [0.717, 1.165) is 55.3 Å². The minimum atomic E-state index is 0.614. The molecule has 53 heavy (non-hydrogen) atoms. The van der Waals surface area contributed by atoms with E-state index in [9.17, 15) is 0 Å². The van der Waals surface area contributed by atoms with Crippen molar-refractivity contribution in [1.82, 2.24) is 19.5 Å². The molecular weight excluding hydrogens is 645 g/mol. The van der Waals surface area contributed by atoms with Crippen LogP contribution in [0.25, 0.3) is 94.7 Å². The molecule has 2 aromatic heterocycles. The van der Waals surface area contributed by atoms with Crippen LogP contribution in [0.3, 0.4) is 0 Å². The zero-order valence-electron chi connectivity index (χ0n) is 28.8. The Labute approximate surface area is 307 Å². The zero-order valence-corrected chi connectivity index (χ0v) is 28.8. The molecule has 0 unspecified atom stereocenters. The SMILES string of the molecule is c1ccc(-c2ccc(-c3nc(-c4ccccc4)nc(-c4ccc5ccc(-c6ccccc6)cc5c4)n3)c(-n3c4ccccc4c4ccccc43)c2)cc1. The predicted molar refractivity (Wildman–Crippen MR) is 219 cm³/mol. The van der Waals surface area contributed by atoms with Crippen LogP contribution in [0.15, 0.2) is 194 Å². The van der Waals surface area contributed by atoms with Crippen LogP contribution in [0.2, 0.25) is 0 Å². The van der Waals surface area contributed by atoms with Crippen molar-refractivity contribution in [3.63, 3.8) is 0 Å². The fourth-order valence-electron chi connectivity index (χ4n) is 7.44. The molecule has 0 radical (unpaired) electrons. The van der Waals surface area contributed by atoms with Gasteiger partial charge in [-0.2, -0.15) is 0 Å². The van der Waals surface area contributed by atoms with E-state index in [1.54, 1.807) is 0 Å². The number of fused-ring (bicyclic) bond motifs is 4. The highest BCUT2D eigenvalue weighted by molar-refractivity contribution is 6.09. The Bertz CT molecular complexity index is 2880. The number of hydrogen-bond acceptors (Lipinski definition) is 3. The largest absolute Gasteiger partial charge is 0.308 e. The van der Waals surface area contributed by atoms with Gasteiger partial charge >= 0.3 is 0 Å². The Hall–Kier alpha value is -7.17. The van der Waals surface area contributed by atoms with Gasteiger partial charge in [-0.15, -0.1) is 0 Å². The lowest BCUT2D eigenvalue weighted by molar-refractivity contribution is 1.06. The number of hydrogen-bond donors (Lipinski definition) is 0. The minimum absolute atomic E-state index is 0.614. The number of para-hydroxylation sites is 2. The second-order valence-electron chi connectivity index (χ2n) is 13.3. The summed E-state index contributed by atoms with van der Waals surface area (Å²) < 4.78 is 2.36. The lowest BCUT2D eigenvalue weighted by atomic mass is 9.99. The van der Waals surface area contributed by atoms with E-state index in [2.05, 4.69) is 174 Å². The molecule has 2 heterocycles. The van der Waals surface area contributed by atoms with Gasteiger partial charge in [0.1, 0.15) is 0 Å². The van der Waals surface area contributed by atoms with Crippen LogP contribution >= 0.6 is 0 Å². The molecule has 0 amide bonds. The third-order valence-electron chi connectivity index (χ3n) is 10.0. The summed E-state index contributed by atoms with van der Waals surface area (Å²) in [6, 6.07) is 68.1. The molecule has 0 aliphatic heterocycles. The van der Waals surface area contributed by atoms with Crippen molar-refractivity contribution in [2.24, 2.45) is 0 Å². The number of rotatable bonds is 6. The van der Waals surface area contributed by atoms with Crippen molar-refractivity contribution in [2.45, 2.75) is 0 Å². The molecule has 4 nitrogen and oxygen atoms in total. The number of aromatic nitrogens is 4. The standard InChI is InChI=1S/C49H32N4/c1-4-14-33(15-5-1)37-26-24-35-25-27-39(31-40(35)30-37)48-50-47(36-18-8-3-9-19-36)51-49(52-48)43-29-28-38(34-16-6-2-7-17-34)32-46(43)53-44-22-12-10-20-41(44)42-21-11-13-23-45(42)53/h1-32H. The highest BCUT2D eigenvalue weighted by atomic mass is 15.1. The normalized spacial score (nSPS) is 11.4. The minimum Gasteiger partial charge on any atom is -0.308 e. The van der Waals surface area contributed by atoms with Crippen molar-refractivity contribution in [1.29, 1.82) is 0 Å². The van der Waals surface area contributed by atoms with Gasteiger partial charge in [0.25, 0.3) is 0 Å². The van der Waals surface area contributed by atoms with Crippen LogP contribution in [0.5, 0.6) is 0 Å². The van der Waals surface area contributed by atoms with E-state index in [-0.39, 0.29) is 0 Å². The molecule has 0 saturated carbocycles. The summed E-state index contributed by atoms with van der Waals surface area (Å²) in [7, 11) is 0. The Morgan fingerprint density at radius 3 is 1.38 bits per heavy atom. The predicted octanol–water partition coefficient (Wildman–Crippen LogP) is 12.5. The molecule has 0 N–H and O–H groups in total. The Morgan fingerprint density at radius 2 is 0.755 bits per heavy atom. The molecule has 4 heteroatoms. The van der Waals surface area contributed by atoms with E-state index < -0.39 is 0 Å². The Kier molecular flexibility index (Phi) is 7.43. The monoisotopic (exact) mass is 676 g/mol. The van der Waals surface area contributed by atoms with Crippen LogP contribution in [0.1, 0.15) is 0 Å². The van der Waals surface area contributed by atoms with Gasteiger partial charge in [0.15, 0.2) is 17.5 Å². The van der Waals surface area contributed by atoms with Crippen LogP contribution in [0, 0.1) is 0 Å². The maximum atomic E-state index is 5.28. The smallest absolute Gasteiger partial charge is 0.166 e. The Balaban J connectivity index is 1.22. The summed E-state index contributed by atoms with van der Waals surface area (Å²) in [5.74, 6) is 1.87. The van der Waals surface area contributed by atoms with Gasteiger partial charge < -0.3 is 4.57 Å². The highest BCUT2D eigenvalue weighted by Crippen LogP contribution is 2.38. The summed E-state index contributed by atoms with van der Waals surface area (Å²) in [5, 5.41) is 4.69. The molecule has 0 spiro atoms. The molecule has 0 aliphatic rings. The molecule has 8 aromatic carbocycles. The third-order valence-corrected chi connectivity index (χ3v) is 10.0. The van der Waals surface area contributed by atoms with E-state index in [0.29, 0.717) is 17.5 Å². The second kappa shape index (κ2) is 12.9. The van der Waals surface area contributed by atoms with Crippen molar-refractivity contribution in [3.8, 4) is 62.1 Å². The molecule has 10 aromatic rings. The van der Waals surface area contributed by atoms with Crippen LogP contribution in [-0.2, 0) is 0 Å². The first kappa shape index (κ1) is 30.6.